The summed E-state index contributed by atoms with van der Waals surface area (Å²) >= 11 is 12.3. The maximum Gasteiger partial charge on any atom is 0.142 e. The molecule has 0 aromatic heterocycles. The molecule has 4 heteroatoms. The Bertz CT molecular complexity index is 436. The van der Waals surface area contributed by atoms with E-state index in [2.05, 4.69) is 19.2 Å². The lowest BCUT2D eigenvalue weighted by Gasteiger charge is -2.31. The maximum atomic E-state index is 6.21. The van der Waals surface area contributed by atoms with Crippen molar-refractivity contribution in [2.45, 2.75) is 51.6 Å². The van der Waals surface area contributed by atoms with Gasteiger partial charge in [-0.05, 0) is 25.0 Å². The number of nitrogens with one attached hydrogen (secondary N) is 1. The van der Waals surface area contributed by atoms with Crippen LogP contribution in [0.4, 0.5) is 0 Å². The first-order valence-electron chi connectivity index (χ1n) is 7.03. The van der Waals surface area contributed by atoms with Gasteiger partial charge in [-0.2, -0.15) is 0 Å². The van der Waals surface area contributed by atoms with Crippen LogP contribution in [0, 0.1) is 0 Å². The highest BCUT2D eigenvalue weighted by atomic mass is 35.5. The van der Waals surface area contributed by atoms with Crippen molar-refractivity contribution < 1.29 is 4.74 Å². The highest BCUT2D eigenvalue weighted by molar-refractivity contribution is 6.35. The van der Waals surface area contributed by atoms with Crippen LogP contribution in [0.25, 0.3) is 0 Å². The van der Waals surface area contributed by atoms with Gasteiger partial charge in [0.25, 0.3) is 0 Å². The summed E-state index contributed by atoms with van der Waals surface area (Å²) < 4.78 is 5.68. The van der Waals surface area contributed by atoms with Gasteiger partial charge in [-0.3, -0.25) is 0 Å². The van der Waals surface area contributed by atoms with Gasteiger partial charge in [0.15, 0.2) is 0 Å². The third-order valence-electron chi connectivity index (χ3n) is 3.63. The minimum Gasteiger partial charge on any atom is -0.492 e. The van der Waals surface area contributed by atoms with Crippen LogP contribution in [0.15, 0.2) is 12.1 Å². The molecule has 19 heavy (non-hydrogen) atoms. The summed E-state index contributed by atoms with van der Waals surface area (Å²) in [5, 5.41) is 5.00. The van der Waals surface area contributed by atoms with Gasteiger partial charge < -0.3 is 10.1 Å². The van der Waals surface area contributed by atoms with Crippen molar-refractivity contribution >= 4 is 23.2 Å². The molecular formula is C15H21Cl2NO. The average Bonchev–Trinajstić information content (AvgIpc) is 2.39. The first-order chi connectivity index (χ1) is 9.15. The van der Waals surface area contributed by atoms with Gasteiger partial charge in [-0.1, -0.05) is 43.5 Å². The first kappa shape index (κ1) is 15.0. The second-order valence-electron chi connectivity index (χ2n) is 5.06. The normalized spacial score (nSPS) is 19.7. The van der Waals surface area contributed by atoms with E-state index in [1.54, 1.807) is 6.07 Å². The lowest BCUT2D eigenvalue weighted by atomic mass is 9.98. The molecular weight excluding hydrogens is 281 g/mol. The Balaban J connectivity index is 2.21. The fraction of sp³-hybridized carbons (Fsp3) is 0.600. The van der Waals surface area contributed by atoms with E-state index in [1.165, 1.54) is 12.8 Å². The summed E-state index contributed by atoms with van der Waals surface area (Å²) in [6, 6.07) is 4.54. The maximum absolute atomic E-state index is 6.21. The molecule has 2 rings (SSSR count). The number of fused-ring (bicyclic) bond motifs is 1. The molecule has 2 nitrogen and oxygen atoms in total. The summed E-state index contributed by atoms with van der Waals surface area (Å²) in [5.74, 6) is 0.793. The van der Waals surface area contributed by atoms with Crippen LogP contribution in [0.2, 0.25) is 10.0 Å². The molecule has 0 bridgehead atoms. The highest BCUT2D eigenvalue weighted by Crippen LogP contribution is 2.40. The zero-order valence-corrected chi connectivity index (χ0v) is 13.0. The molecule has 0 aliphatic carbocycles. The average molecular weight is 302 g/mol. The van der Waals surface area contributed by atoms with E-state index in [0.29, 0.717) is 22.7 Å². The highest BCUT2D eigenvalue weighted by Gasteiger charge is 2.25. The molecule has 0 amide bonds. The number of hydrogen-bond donors (Lipinski definition) is 1. The Kier molecular flexibility index (Phi) is 5.37. The summed E-state index contributed by atoms with van der Waals surface area (Å²) in [6.07, 6.45) is 4.48. The molecule has 1 heterocycles. The Morgan fingerprint density at radius 1 is 1.37 bits per heavy atom. The van der Waals surface area contributed by atoms with E-state index in [0.717, 1.165) is 24.2 Å². The quantitative estimate of drug-likeness (QED) is 0.827. The number of rotatable bonds is 5. The van der Waals surface area contributed by atoms with Crippen LogP contribution in [0.5, 0.6) is 5.75 Å². The van der Waals surface area contributed by atoms with Gasteiger partial charge >= 0.3 is 0 Å². The Labute approximate surface area is 125 Å². The standard InChI is InChI=1S/C15H21Cl2NO/c1-3-5-11(4-2)18-14-6-7-19-15-12(14)8-10(16)9-13(15)17/h8-9,11,14,18H,3-7H2,1-2H3. The Hall–Kier alpha value is -0.440. The van der Waals surface area contributed by atoms with E-state index in [1.807, 2.05) is 6.07 Å². The monoisotopic (exact) mass is 301 g/mol. The molecule has 2 atom stereocenters. The van der Waals surface area contributed by atoms with E-state index >= 15 is 0 Å². The van der Waals surface area contributed by atoms with Crippen LogP contribution in [0.1, 0.15) is 51.1 Å². The van der Waals surface area contributed by atoms with Gasteiger partial charge in [0, 0.05) is 29.1 Å². The van der Waals surface area contributed by atoms with Crippen molar-refractivity contribution in [2.75, 3.05) is 6.61 Å². The van der Waals surface area contributed by atoms with Gasteiger partial charge in [-0.25, -0.2) is 0 Å². The molecule has 1 N–H and O–H groups in total. The minimum absolute atomic E-state index is 0.288. The van der Waals surface area contributed by atoms with Gasteiger partial charge in [0.1, 0.15) is 5.75 Å². The van der Waals surface area contributed by atoms with Crippen LogP contribution in [0.3, 0.4) is 0 Å². The van der Waals surface area contributed by atoms with E-state index in [-0.39, 0.29) is 6.04 Å². The van der Waals surface area contributed by atoms with Crippen LogP contribution < -0.4 is 10.1 Å². The first-order valence-corrected chi connectivity index (χ1v) is 7.79. The minimum atomic E-state index is 0.288. The van der Waals surface area contributed by atoms with Gasteiger partial charge in [0.05, 0.1) is 11.6 Å². The van der Waals surface area contributed by atoms with E-state index in [9.17, 15) is 0 Å². The smallest absolute Gasteiger partial charge is 0.142 e. The van der Waals surface area contributed by atoms with Crippen LogP contribution in [-0.2, 0) is 0 Å². The second-order valence-corrected chi connectivity index (χ2v) is 5.90. The largest absolute Gasteiger partial charge is 0.492 e. The number of benzene rings is 1. The van der Waals surface area contributed by atoms with Gasteiger partial charge in [0.2, 0.25) is 0 Å². The molecule has 0 spiro atoms. The van der Waals surface area contributed by atoms with Crippen molar-refractivity contribution in [3.05, 3.63) is 27.7 Å². The fourth-order valence-corrected chi connectivity index (χ4v) is 3.20. The van der Waals surface area contributed by atoms with Gasteiger partial charge in [-0.15, -0.1) is 0 Å². The predicted molar refractivity (Wildman–Crippen MR) is 81.4 cm³/mol. The van der Waals surface area contributed by atoms with Crippen molar-refractivity contribution in [3.8, 4) is 5.75 Å². The fourth-order valence-electron chi connectivity index (χ4n) is 2.64. The lowest BCUT2D eigenvalue weighted by molar-refractivity contribution is 0.240. The molecule has 2 unspecified atom stereocenters. The summed E-state index contributed by atoms with van der Waals surface area (Å²) in [5.41, 5.74) is 1.10. The third-order valence-corrected chi connectivity index (χ3v) is 4.13. The molecule has 1 aromatic rings. The molecule has 0 radical (unpaired) electrons. The third kappa shape index (κ3) is 3.56. The summed E-state index contributed by atoms with van der Waals surface area (Å²) in [7, 11) is 0. The second kappa shape index (κ2) is 6.83. The topological polar surface area (TPSA) is 21.3 Å². The Morgan fingerprint density at radius 2 is 2.16 bits per heavy atom. The molecule has 1 aromatic carbocycles. The van der Waals surface area contributed by atoms with Crippen LogP contribution >= 0.6 is 23.2 Å². The van der Waals surface area contributed by atoms with Crippen molar-refractivity contribution in [3.63, 3.8) is 0 Å². The molecule has 106 valence electrons. The number of ether oxygens (including phenoxy) is 1. The molecule has 0 saturated carbocycles. The molecule has 1 aliphatic rings. The molecule has 0 saturated heterocycles. The summed E-state index contributed by atoms with van der Waals surface area (Å²) in [6.45, 7) is 5.14. The SMILES string of the molecule is CCCC(CC)NC1CCOc2c(Cl)cc(Cl)cc21. The molecule has 0 fully saturated rings. The van der Waals surface area contributed by atoms with Crippen molar-refractivity contribution in [2.24, 2.45) is 0 Å². The number of halogens is 2. The predicted octanol–water partition coefficient (Wildman–Crippen LogP) is 4.99. The summed E-state index contributed by atoms with van der Waals surface area (Å²) in [4.78, 5) is 0. The van der Waals surface area contributed by atoms with E-state index < -0.39 is 0 Å². The Morgan fingerprint density at radius 3 is 2.84 bits per heavy atom. The van der Waals surface area contributed by atoms with Crippen LogP contribution in [-0.4, -0.2) is 12.6 Å². The number of hydrogen-bond acceptors (Lipinski definition) is 2. The lowest BCUT2D eigenvalue weighted by Crippen LogP contribution is -2.35. The molecule has 1 aliphatic heterocycles. The van der Waals surface area contributed by atoms with Crippen molar-refractivity contribution in [1.82, 2.24) is 5.32 Å². The van der Waals surface area contributed by atoms with E-state index in [4.69, 9.17) is 27.9 Å². The zero-order chi connectivity index (χ0) is 13.8. The van der Waals surface area contributed by atoms with Crippen molar-refractivity contribution in [1.29, 1.82) is 0 Å². The zero-order valence-electron chi connectivity index (χ0n) is 11.5.